The number of benzene rings is 2. The number of hydrogen-bond donors (Lipinski definition) is 1. The summed E-state index contributed by atoms with van der Waals surface area (Å²) in [5.41, 5.74) is 4.16. The summed E-state index contributed by atoms with van der Waals surface area (Å²) in [6.45, 7) is 1.70. The smallest absolute Gasteiger partial charge is 0.343 e. The van der Waals surface area contributed by atoms with Crippen LogP contribution in [0.4, 0.5) is 0 Å². The number of ether oxygens (including phenoxy) is 1. The van der Waals surface area contributed by atoms with E-state index in [-0.39, 0.29) is 5.91 Å². The Bertz CT molecular complexity index is 1000. The number of halogens is 1. The van der Waals surface area contributed by atoms with E-state index >= 15 is 0 Å². The number of carbonyl (C=O) groups excluding carboxylic acids is 2. The van der Waals surface area contributed by atoms with Gasteiger partial charge in [-0.05, 0) is 66.5 Å². The Morgan fingerprint density at radius 2 is 2.00 bits per heavy atom. The number of hydrogen-bond acceptors (Lipinski definition) is 7. The molecule has 0 aliphatic carbocycles. The fourth-order valence-electron chi connectivity index (χ4n) is 2.06. The van der Waals surface area contributed by atoms with E-state index in [0.717, 1.165) is 21.6 Å². The Labute approximate surface area is 167 Å². The van der Waals surface area contributed by atoms with E-state index in [1.54, 1.807) is 49.4 Å². The molecule has 0 radical (unpaired) electrons. The van der Waals surface area contributed by atoms with E-state index in [1.807, 2.05) is 6.07 Å². The van der Waals surface area contributed by atoms with Gasteiger partial charge < -0.3 is 4.74 Å². The molecule has 0 atom stereocenters. The molecule has 3 rings (SSSR count). The Morgan fingerprint density at radius 3 is 2.67 bits per heavy atom. The van der Waals surface area contributed by atoms with Gasteiger partial charge in [-0.15, -0.1) is 5.10 Å². The van der Waals surface area contributed by atoms with Crippen molar-refractivity contribution in [1.29, 1.82) is 0 Å². The second-order valence-corrected chi connectivity index (χ2v) is 7.03. The van der Waals surface area contributed by atoms with Gasteiger partial charge in [0, 0.05) is 4.47 Å². The van der Waals surface area contributed by atoms with Crippen LogP contribution in [-0.2, 0) is 0 Å². The zero-order valence-corrected chi connectivity index (χ0v) is 16.5. The van der Waals surface area contributed by atoms with Gasteiger partial charge in [0.15, 0.2) is 0 Å². The minimum atomic E-state index is -0.446. The van der Waals surface area contributed by atoms with Gasteiger partial charge >= 0.3 is 5.97 Å². The molecule has 1 N–H and O–H groups in total. The summed E-state index contributed by atoms with van der Waals surface area (Å²) < 4.78 is 9.83. The van der Waals surface area contributed by atoms with Crippen molar-refractivity contribution in [2.75, 3.05) is 0 Å². The van der Waals surface area contributed by atoms with Crippen LogP contribution in [0.3, 0.4) is 0 Å². The zero-order chi connectivity index (χ0) is 19.2. The molecule has 0 spiro atoms. The monoisotopic (exact) mass is 444 g/mol. The average Bonchev–Trinajstić information content (AvgIpc) is 3.09. The van der Waals surface area contributed by atoms with Gasteiger partial charge in [-0.3, -0.25) is 4.79 Å². The molecular formula is C18H13BrN4O3S. The number of esters is 1. The number of carbonyl (C=O) groups is 2. The van der Waals surface area contributed by atoms with E-state index in [9.17, 15) is 9.59 Å². The summed E-state index contributed by atoms with van der Waals surface area (Å²) >= 11 is 4.33. The standard InChI is InChI=1S/C18H13BrN4O3S/c1-11-16(27-23-21-11)17(24)22-20-10-12-5-7-15(8-6-12)26-18(25)13-3-2-4-14(19)9-13/h2-10H,1H3,(H,22,24)/b20-10+. The topological polar surface area (TPSA) is 93.5 Å². The molecular weight excluding hydrogens is 432 g/mol. The molecule has 7 nitrogen and oxygen atoms in total. The Balaban J connectivity index is 1.58. The zero-order valence-electron chi connectivity index (χ0n) is 14.0. The minimum Gasteiger partial charge on any atom is -0.423 e. The largest absolute Gasteiger partial charge is 0.423 e. The lowest BCUT2D eigenvalue weighted by atomic mass is 10.2. The predicted octanol–water partition coefficient (Wildman–Crippen LogP) is 3.59. The third-order valence-corrected chi connectivity index (χ3v) is 4.71. The van der Waals surface area contributed by atoms with Crippen molar-refractivity contribution in [2.45, 2.75) is 6.92 Å². The van der Waals surface area contributed by atoms with Crippen molar-refractivity contribution in [2.24, 2.45) is 5.10 Å². The molecule has 0 aliphatic rings. The van der Waals surface area contributed by atoms with Crippen molar-refractivity contribution in [1.82, 2.24) is 15.0 Å². The molecule has 0 unspecified atom stereocenters. The van der Waals surface area contributed by atoms with Gasteiger partial charge in [0.25, 0.3) is 5.91 Å². The maximum Gasteiger partial charge on any atom is 0.343 e. The highest BCUT2D eigenvalue weighted by atomic mass is 79.9. The first-order chi connectivity index (χ1) is 13.0. The Hall–Kier alpha value is -2.91. The SMILES string of the molecule is Cc1nnsc1C(=O)N/N=C/c1ccc(OC(=O)c2cccc(Br)c2)cc1. The average molecular weight is 445 g/mol. The molecule has 0 fully saturated rings. The quantitative estimate of drug-likeness (QED) is 0.280. The molecule has 2 aromatic carbocycles. The molecule has 27 heavy (non-hydrogen) atoms. The molecule has 1 amide bonds. The molecule has 3 aromatic rings. The first-order valence-electron chi connectivity index (χ1n) is 7.73. The van der Waals surface area contributed by atoms with Crippen LogP contribution in [0.15, 0.2) is 58.1 Å². The van der Waals surface area contributed by atoms with Gasteiger partial charge in [0.05, 0.1) is 17.5 Å². The van der Waals surface area contributed by atoms with E-state index in [1.165, 1.54) is 6.21 Å². The van der Waals surface area contributed by atoms with Crippen LogP contribution in [0.5, 0.6) is 5.75 Å². The maximum absolute atomic E-state index is 12.1. The van der Waals surface area contributed by atoms with Crippen molar-refractivity contribution in [3.63, 3.8) is 0 Å². The molecule has 0 aliphatic heterocycles. The van der Waals surface area contributed by atoms with Crippen molar-refractivity contribution in [3.8, 4) is 5.75 Å². The second-order valence-electron chi connectivity index (χ2n) is 5.36. The van der Waals surface area contributed by atoms with Crippen molar-refractivity contribution in [3.05, 3.63) is 74.7 Å². The Morgan fingerprint density at radius 1 is 1.22 bits per heavy atom. The lowest BCUT2D eigenvalue weighted by molar-refractivity contribution is 0.0734. The van der Waals surface area contributed by atoms with Gasteiger partial charge in [-0.1, -0.05) is 26.5 Å². The number of hydrazone groups is 1. The fraction of sp³-hybridized carbons (Fsp3) is 0.0556. The van der Waals surface area contributed by atoms with Crippen LogP contribution >= 0.6 is 27.5 Å². The highest BCUT2D eigenvalue weighted by Crippen LogP contribution is 2.16. The van der Waals surface area contributed by atoms with Crippen LogP contribution in [0.2, 0.25) is 0 Å². The number of aryl methyl sites for hydroxylation is 1. The van der Waals surface area contributed by atoms with E-state index in [0.29, 0.717) is 21.9 Å². The van der Waals surface area contributed by atoms with E-state index in [4.69, 9.17) is 4.74 Å². The summed E-state index contributed by atoms with van der Waals surface area (Å²) in [6, 6.07) is 13.7. The van der Waals surface area contributed by atoms with Crippen molar-refractivity contribution >= 4 is 45.6 Å². The van der Waals surface area contributed by atoms with Gasteiger partial charge in [0.1, 0.15) is 10.6 Å². The number of amides is 1. The van der Waals surface area contributed by atoms with Crippen LogP contribution in [0.1, 0.15) is 31.3 Å². The number of rotatable bonds is 5. The third kappa shape index (κ3) is 5.05. The third-order valence-electron chi connectivity index (χ3n) is 3.39. The molecule has 136 valence electrons. The number of nitrogens with zero attached hydrogens (tertiary/aromatic N) is 3. The Kier molecular flexibility index (Phi) is 6.05. The van der Waals surface area contributed by atoms with E-state index < -0.39 is 5.97 Å². The maximum atomic E-state index is 12.1. The first kappa shape index (κ1) is 18.9. The van der Waals surface area contributed by atoms with Crippen molar-refractivity contribution < 1.29 is 14.3 Å². The second kappa shape index (κ2) is 8.65. The highest BCUT2D eigenvalue weighted by Gasteiger charge is 2.12. The van der Waals surface area contributed by atoms with Crippen LogP contribution < -0.4 is 10.2 Å². The lowest BCUT2D eigenvalue weighted by Crippen LogP contribution is -2.17. The molecule has 9 heteroatoms. The van der Waals surface area contributed by atoms with Gasteiger partial charge in [-0.25, -0.2) is 10.2 Å². The summed E-state index contributed by atoms with van der Waals surface area (Å²) in [5, 5.41) is 7.68. The fourth-order valence-corrected chi connectivity index (χ4v) is 3.00. The number of nitrogens with one attached hydrogen (secondary N) is 1. The summed E-state index contributed by atoms with van der Waals surface area (Å²) in [6.07, 6.45) is 1.49. The van der Waals surface area contributed by atoms with E-state index in [2.05, 4.69) is 36.0 Å². The highest BCUT2D eigenvalue weighted by molar-refractivity contribution is 9.10. The molecule has 0 saturated heterocycles. The molecule has 0 bridgehead atoms. The summed E-state index contributed by atoms with van der Waals surface area (Å²) in [4.78, 5) is 24.4. The lowest BCUT2D eigenvalue weighted by Gasteiger charge is -2.05. The van der Waals surface area contributed by atoms with Crippen LogP contribution in [-0.4, -0.2) is 27.7 Å². The van der Waals surface area contributed by atoms with Gasteiger partial charge in [-0.2, -0.15) is 5.10 Å². The molecule has 0 saturated carbocycles. The predicted molar refractivity (Wildman–Crippen MR) is 105 cm³/mol. The van der Waals surface area contributed by atoms with Gasteiger partial charge in [0.2, 0.25) is 0 Å². The van der Waals surface area contributed by atoms with Crippen LogP contribution in [0.25, 0.3) is 0 Å². The summed E-state index contributed by atoms with van der Waals surface area (Å²) in [5.74, 6) is -0.399. The molecule has 1 aromatic heterocycles. The normalized spacial score (nSPS) is 10.7. The summed E-state index contributed by atoms with van der Waals surface area (Å²) in [7, 11) is 0. The molecule has 1 heterocycles. The number of aromatic nitrogens is 2. The minimum absolute atomic E-state index is 0.363. The first-order valence-corrected chi connectivity index (χ1v) is 9.30. The van der Waals surface area contributed by atoms with Crippen LogP contribution in [0, 0.1) is 6.92 Å².